The lowest BCUT2D eigenvalue weighted by Crippen LogP contribution is -2.28. The Morgan fingerprint density at radius 2 is 2.26 bits per heavy atom. The topological polar surface area (TPSA) is 29.5 Å². The summed E-state index contributed by atoms with van der Waals surface area (Å²) < 4.78 is 5.89. The minimum absolute atomic E-state index is 0.136. The van der Waals surface area contributed by atoms with Crippen molar-refractivity contribution in [1.29, 1.82) is 0 Å². The summed E-state index contributed by atoms with van der Waals surface area (Å²) in [4.78, 5) is 13.6. The van der Waals surface area contributed by atoms with Crippen LogP contribution in [-0.2, 0) is 16.0 Å². The predicted octanol–water partition coefficient (Wildman–Crippen LogP) is 3.21. The van der Waals surface area contributed by atoms with E-state index >= 15 is 0 Å². The quantitative estimate of drug-likeness (QED) is 0.782. The SMILES string of the molecule is CN1C(=O)Cc2cc(C(Br)C3(C)CCCO3)ccc21. The van der Waals surface area contributed by atoms with Crippen LogP contribution in [0.25, 0.3) is 0 Å². The fourth-order valence-electron chi connectivity index (χ4n) is 3.00. The number of halogens is 1. The maximum Gasteiger partial charge on any atom is 0.231 e. The lowest BCUT2D eigenvalue weighted by Gasteiger charge is -2.29. The van der Waals surface area contributed by atoms with Crippen LogP contribution in [0.15, 0.2) is 18.2 Å². The molecule has 0 spiro atoms. The zero-order valence-electron chi connectivity index (χ0n) is 11.3. The second-order valence-corrected chi connectivity index (χ2v) is 6.56. The van der Waals surface area contributed by atoms with Crippen LogP contribution in [0, 0.1) is 0 Å². The van der Waals surface area contributed by atoms with Crippen molar-refractivity contribution in [2.24, 2.45) is 0 Å². The molecule has 1 fully saturated rings. The molecular formula is C15H18BrNO2. The molecule has 3 nitrogen and oxygen atoms in total. The summed E-state index contributed by atoms with van der Waals surface area (Å²) in [6.07, 6.45) is 2.70. The van der Waals surface area contributed by atoms with E-state index in [1.807, 2.05) is 13.1 Å². The van der Waals surface area contributed by atoms with Gasteiger partial charge in [0.2, 0.25) is 5.91 Å². The molecular weight excluding hydrogens is 306 g/mol. The van der Waals surface area contributed by atoms with Crippen molar-refractivity contribution in [3.63, 3.8) is 0 Å². The van der Waals surface area contributed by atoms with Gasteiger partial charge >= 0.3 is 0 Å². The number of benzene rings is 1. The van der Waals surface area contributed by atoms with Gasteiger partial charge in [0.25, 0.3) is 0 Å². The van der Waals surface area contributed by atoms with Gasteiger partial charge in [-0.15, -0.1) is 0 Å². The number of anilines is 1. The van der Waals surface area contributed by atoms with E-state index in [-0.39, 0.29) is 16.3 Å². The van der Waals surface area contributed by atoms with Gasteiger partial charge in [-0.05, 0) is 37.0 Å². The van der Waals surface area contributed by atoms with E-state index < -0.39 is 0 Å². The highest BCUT2D eigenvalue weighted by Gasteiger charge is 2.38. The molecule has 2 atom stereocenters. The third-order valence-corrected chi connectivity index (χ3v) is 5.76. The zero-order chi connectivity index (χ0) is 13.6. The van der Waals surface area contributed by atoms with Gasteiger partial charge in [-0.3, -0.25) is 4.79 Å². The van der Waals surface area contributed by atoms with E-state index in [1.54, 1.807) is 4.90 Å². The van der Waals surface area contributed by atoms with Crippen LogP contribution in [0.5, 0.6) is 0 Å². The van der Waals surface area contributed by atoms with E-state index in [0.717, 1.165) is 30.7 Å². The molecule has 19 heavy (non-hydrogen) atoms. The smallest absolute Gasteiger partial charge is 0.231 e. The number of rotatable bonds is 2. The summed E-state index contributed by atoms with van der Waals surface area (Å²) in [7, 11) is 1.83. The van der Waals surface area contributed by atoms with Crippen LogP contribution in [0.1, 0.15) is 35.7 Å². The second kappa shape index (κ2) is 4.60. The Balaban J connectivity index is 1.91. The number of hydrogen-bond donors (Lipinski definition) is 0. The van der Waals surface area contributed by atoms with Crippen LogP contribution in [0.3, 0.4) is 0 Å². The van der Waals surface area contributed by atoms with Crippen molar-refractivity contribution in [1.82, 2.24) is 0 Å². The summed E-state index contributed by atoms with van der Waals surface area (Å²) in [6, 6.07) is 6.28. The number of ether oxygens (including phenoxy) is 1. The summed E-state index contributed by atoms with van der Waals surface area (Å²) >= 11 is 3.78. The van der Waals surface area contributed by atoms with Crippen LogP contribution in [-0.4, -0.2) is 25.2 Å². The number of hydrogen-bond acceptors (Lipinski definition) is 2. The third kappa shape index (κ3) is 2.11. The molecule has 0 saturated carbocycles. The molecule has 2 aliphatic rings. The van der Waals surface area contributed by atoms with Gasteiger partial charge < -0.3 is 9.64 Å². The Kier molecular flexibility index (Phi) is 3.18. The van der Waals surface area contributed by atoms with Gasteiger partial charge in [-0.2, -0.15) is 0 Å². The van der Waals surface area contributed by atoms with Crippen molar-refractivity contribution >= 4 is 27.5 Å². The summed E-state index contributed by atoms with van der Waals surface area (Å²) in [5.74, 6) is 0.168. The van der Waals surface area contributed by atoms with Gasteiger partial charge in [-0.25, -0.2) is 0 Å². The Hall–Kier alpha value is -0.870. The number of nitrogens with zero attached hydrogens (tertiary/aromatic N) is 1. The largest absolute Gasteiger partial charge is 0.374 e. The van der Waals surface area contributed by atoms with E-state index in [9.17, 15) is 4.79 Å². The fourth-order valence-corrected chi connectivity index (χ4v) is 3.65. The lowest BCUT2D eigenvalue weighted by molar-refractivity contribution is -0.117. The highest BCUT2D eigenvalue weighted by atomic mass is 79.9. The number of fused-ring (bicyclic) bond motifs is 1. The van der Waals surface area contributed by atoms with E-state index in [2.05, 4.69) is 35.0 Å². The molecule has 102 valence electrons. The first kappa shape index (κ1) is 13.1. The molecule has 1 aromatic rings. The van der Waals surface area contributed by atoms with Gasteiger partial charge in [0.15, 0.2) is 0 Å². The molecule has 0 radical (unpaired) electrons. The second-order valence-electron chi connectivity index (χ2n) is 5.64. The first-order chi connectivity index (χ1) is 9.01. The molecule has 0 aromatic heterocycles. The highest BCUT2D eigenvalue weighted by molar-refractivity contribution is 9.09. The molecule has 1 saturated heterocycles. The summed E-state index contributed by atoms with van der Waals surface area (Å²) in [5, 5.41) is 0. The molecule has 0 aliphatic carbocycles. The minimum atomic E-state index is -0.136. The van der Waals surface area contributed by atoms with Gasteiger partial charge in [0, 0.05) is 19.3 Å². The third-order valence-electron chi connectivity index (χ3n) is 4.26. The van der Waals surface area contributed by atoms with Gasteiger partial charge in [0.05, 0.1) is 16.8 Å². The highest BCUT2D eigenvalue weighted by Crippen LogP contribution is 2.44. The fraction of sp³-hybridized carbons (Fsp3) is 0.533. The van der Waals surface area contributed by atoms with Crippen LogP contribution >= 0.6 is 15.9 Å². The van der Waals surface area contributed by atoms with Crippen molar-refractivity contribution in [3.05, 3.63) is 29.3 Å². The number of likely N-dealkylation sites (N-methyl/N-ethyl adjacent to an activating group) is 1. The zero-order valence-corrected chi connectivity index (χ0v) is 12.9. The predicted molar refractivity (Wildman–Crippen MR) is 78.8 cm³/mol. The van der Waals surface area contributed by atoms with Crippen LogP contribution < -0.4 is 4.90 Å². The van der Waals surface area contributed by atoms with Gasteiger partial charge in [-0.1, -0.05) is 28.1 Å². The Morgan fingerprint density at radius 1 is 1.47 bits per heavy atom. The monoisotopic (exact) mass is 323 g/mol. The molecule has 4 heteroatoms. The Morgan fingerprint density at radius 3 is 2.95 bits per heavy atom. The molecule has 1 aromatic carbocycles. The first-order valence-corrected chi connectivity index (χ1v) is 7.60. The molecule has 3 rings (SSSR count). The molecule has 2 aliphatic heterocycles. The Bertz CT molecular complexity index is 523. The normalized spacial score (nSPS) is 27.7. The van der Waals surface area contributed by atoms with Crippen molar-refractivity contribution < 1.29 is 9.53 Å². The molecule has 2 heterocycles. The summed E-state index contributed by atoms with van der Waals surface area (Å²) in [6.45, 7) is 2.99. The molecule has 2 unspecified atom stereocenters. The first-order valence-electron chi connectivity index (χ1n) is 6.69. The van der Waals surface area contributed by atoms with Crippen LogP contribution in [0.4, 0.5) is 5.69 Å². The lowest BCUT2D eigenvalue weighted by atomic mass is 9.92. The van der Waals surface area contributed by atoms with Crippen LogP contribution in [0.2, 0.25) is 0 Å². The van der Waals surface area contributed by atoms with E-state index in [0.29, 0.717) is 6.42 Å². The average molecular weight is 324 g/mol. The van der Waals surface area contributed by atoms with Gasteiger partial charge in [0.1, 0.15) is 0 Å². The standard InChI is InChI=1S/C15H18BrNO2/c1-15(6-3-7-19-15)14(16)10-4-5-12-11(8-10)9-13(18)17(12)2/h4-5,8,14H,3,6-7,9H2,1-2H3. The van der Waals surface area contributed by atoms with Crippen molar-refractivity contribution in [3.8, 4) is 0 Å². The van der Waals surface area contributed by atoms with E-state index in [4.69, 9.17) is 4.74 Å². The van der Waals surface area contributed by atoms with Crippen molar-refractivity contribution in [2.75, 3.05) is 18.6 Å². The average Bonchev–Trinajstić information content (AvgIpc) is 2.95. The maximum atomic E-state index is 11.7. The number of amides is 1. The number of carbonyl (C=O) groups excluding carboxylic acids is 1. The number of carbonyl (C=O) groups is 1. The molecule has 1 amide bonds. The Labute approximate surface area is 122 Å². The maximum absolute atomic E-state index is 11.7. The number of alkyl halides is 1. The van der Waals surface area contributed by atoms with E-state index in [1.165, 1.54) is 5.56 Å². The molecule has 0 N–H and O–H groups in total. The minimum Gasteiger partial charge on any atom is -0.374 e. The van der Waals surface area contributed by atoms with Crippen molar-refractivity contribution in [2.45, 2.75) is 36.6 Å². The molecule has 0 bridgehead atoms. The summed E-state index contributed by atoms with van der Waals surface area (Å²) in [5.41, 5.74) is 3.22.